The van der Waals surface area contributed by atoms with Gasteiger partial charge in [-0.3, -0.25) is 29.8 Å². The molecule has 1 aliphatic heterocycles. The third kappa shape index (κ3) is 6.41. The summed E-state index contributed by atoms with van der Waals surface area (Å²) in [5.74, 6) is 5.56. The van der Waals surface area contributed by atoms with Gasteiger partial charge in [-0.2, -0.15) is 0 Å². The zero-order chi connectivity index (χ0) is 29.2. The lowest BCUT2D eigenvalue weighted by molar-refractivity contribution is -0.130. The molecule has 2 aromatic rings. The molecule has 2 amide bonds. The molecule has 10 nitrogen and oxygen atoms in total. The number of rotatable bonds is 7. The quantitative estimate of drug-likeness (QED) is 0.199. The Morgan fingerprint density at radius 1 is 1.25 bits per heavy atom. The lowest BCUT2D eigenvalue weighted by Gasteiger charge is -2.43. The molecule has 4 N–H and O–H groups in total. The monoisotopic (exact) mass is 571 g/mol. The first-order chi connectivity index (χ1) is 18.9. The molecule has 1 unspecified atom stereocenters. The molecule has 3 heterocycles. The maximum Gasteiger partial charge on any atom is 0.280 e. The highest BCUT2D eigenvalue weighted by Gasteiger charge is 2.41. The van der Waals surface area contributed by atoms with Crippen molar-refractivity contribution in [2.24, 2.45) is 11.7 Å². The van der Waals surface area contributed by atoms with Crippen LogP contribution in [0.4, 0.5) is 14.6 Å². The second kappa shape index (κ2) is 11.9. The number of pyridine rings is 2. The van der Waals surface area contributed by atoms with Crippen LogP contribution in [0.5, 0.6) is 5.75 Å². The number of nitrogens with one attached hydrogen (secondary N) is 2. The van der Waals surface area contributed by atoms with Crippen molar-refractivity contribution in [3.63, 3.8) is 0 Å². The maximum atomic E-state index is 13.6. The van der Waals surface area contributed by atoms with Crippen LogP contribution >= 0.6 is 11.8 Å². The fourth-order valence-corrected chi connectivity index (χ4v) is 4.62. The van der Waals surface area contributed by atoms with Crippen molar-refractivity contribution in [3.05, 3.63) is 35.8 Å². The van der Waals surface area contributed by atoms with Crippen molar-refractivity contribution < 1.29 is 23.1 Å². The Hall–Kier alpha value is -3.60. The van der Waals surface area contributed by atoms with Gasteiger partial charge in [0, 0.05) is 36.3 Å². The molecule has 2 aliphatic rings. The lowest BCUT2D eigenvalue weighted by atomic mass is 9.97. The summed E-state index contributed by atoms with van der Waals surface area (Å²) >= 11 is 0.878. The van der Waals surface area contributed by atoms with Crippen LogP contribution in [-0.2, 0) is 4.79 Å². The second-order valence-corrected chi connectivity index (χ2v) is 11.2. The van der Waals surface area contributed by atoms with Gasteiger partial charge in [-0.1, -0.05) is 17.7 Å². The maximum absolute atomic E-state index is 13.6. The molecule has 13 heteroatoms. The predicted molar refractivity (Wildman–Crippen MR) is 149 cm³/mol. The topological polar surface area (TPSA) is 138 Å². The summed E-state index contributed by atoms with van der Waals surface area (Å²) in [5, 5.41) is 10.6. The molecule has 4 rings (SSSR count). The van der Waals surface area contributed by atoms with Crippen LogP contribution in [0.25, 0.3) is 11.1 Å². The number of carbonyl (C=O) groups excluding carboxylic acids is 2. The predicted octanol–water partition coefficient (Wildman–Crippen LogP) is 3.24. The van der Waals surface area contributed by atoms with Crippen LogP contribution in [0.1, 0.15) is 49.2 Å². The van der Waals surface area contributed by atoms with Gasteiger partial charge in [0.05, 0.1) is 24.4 Å². The number of carbonyl (C=O) groups is 2. The minimum absolute atomic E-state index is 0.0148. The Balaban J connectivity index is 1.72. The summed E-state index contributed by atoms with van der Waals surface area (Å²) in [4.78, 5) is 38.3. The van der Waals surface area contributed by atoms with Gasteiger partial charge in [-0.25, -0.2) is 13.8 Å². The standard InChI is InChI=1S/C27H31F2N7O3S/c1-27(2)25(38)36(10-9-35(27)3)22-12-16(17-11-19(23(28)29)32-14-20(17)39-4)18(13-33-22)24(37)34-26(31)40-21(30)8-7-15-5-6-15/h11-15,23,26,30H,5-6,9-10,31H2,1-4H3,(H,34,37). The van der Waals surface area contributed by atoms with Gasteiger partial charge < -0.3 is 15.8 Å². The zero-order valence-electron chi connectivity index (χ0n) is 22.6. The first-order valence-corrected chi connectivity index (χ1v) is 13.5. The van der Waals surface area contributed by atoms with E-state index in [1.807, 2.05) is 11.9 Å². The van der Waals surface area contributed by atoms with Crippen molar-refractivity contribution in [1.29, 1.82) is 5.41 Å². The van der Waals surface area contributed by atoms with Crippen molar-refractivity contribution in [2.75, 3.05) is 32.1 Å². The number of halogens is 2. The Labute approximate surface area is 235 Å². The number of alkyl halides is 2. The molecule has 1 saturated carbocycles. The number of ether oxygens (including phenoxy) is 1. The Morgan fingerprint density at radius 3 is 2.62 bits per heavy atom. The number of piperazine rings is 1. The zero-order valence-corrected chi connectivity index (χ0v) is 23.4. The van der Waals surface area contributed by atoms with E-state index in [0.717, 1.165) is 36.9 Å². The van der Waals surface area contributed by atoms with E-state index < -0.39 is 29.1 Å². The van der Waals surface area contributed by atoms with Gasteiger partial charge in [0.1, 0.15) is 27.8 Å². The summed E-state index contributed by atoms with van der Waals surface area (Å²) < 4.78 is 32.6. The minimum atomic E-state index is -2.86. The van der Waals surface area contributed by atoms with Crippen LogP contribution in [0, 0.1) is 23.2 Å². The number of nitrogens with two attached hydrogens (primary N) is 1. The summed E-state index contributed by atoms with van der Waals surface area (Å²) in [7, 11) is 3.21. The van der Waals surface area contributed by atoms with Crippen molar-refractivity contribution in [1.82, 2.24) is 20.2 Å². The largest absolute Gasteiger partial charge is 0.494 e. The third-order valence-corrected chi connectivity index (χ3v) is 7.61. The first kappa shape index (κ1) is 29.4. The van der Waals surface area contributed by atoms with E-state index in [0.29, 0.717) is 19.0 Å². The fourth-order valence-electron chi connectivity index (χ4n) is 4.08. The molecule has 0 spiro atoms. The Morgan fingerprint density at radius 2 is 1.98 bits per heavy atom. The fraction of sp³-hybridized carbons (Fsp3) is 0.444. The number of likely N-dealkylation sites (N-methyl/N-ethyl adjacent to an activating group) is 1. The molecule has 212 valence electrons. The van der Waals surface area contributed by atoms with Gasteiger partial charge in [0.15, 0.2) is 0 Å². The van der Waals surface area contributed by atoms with Crippen LogP contribution in [-0.4, -0.2) is 70.0 Å². The molecule has 1 saturated heterocycles. The van der Waals surface area contributed by atoms with E-state index in [1.54, 1.807) is 13.8 Å². The average Bonchev–Trinajstić information content (AvgIpc) is 3.75. The lowest BCUT2D eigenvalue weighted by Crippen LogP contribution is -2.62. The second-order valence-electron chi connectivity index (χ2n) is 10.0. The number of aromatic nitrogens is 2. The van der Waals surface area contributed by atoms with Gasteiger partial charge in [-0.05, 0) is 51.8 Å². The smallest absolute Gasteiger partial charge is 0.280 e. The number of thioether (sulfide) groups is 1. The molecular formula is C27H31F2N7O3S. The van der Waals surface area contributed by atoms with Gasteiger partial charge in [-0.15, -0.1) is 0 Å². The highest BCUT2D eigenvalue weighted by atomic mass is 32.2. The van der Waals surface area contributed by atoms with E-state index >= 15 is 0 Å². The summed E-state index contributed by atoms with van der Waals surface area (Å²) in [6.07, 6.45) is 1.60. The molecule has 2 aromatic heterocycles. The highest BCUT2D eigenvalue weighted by molar-refractivity contribution is 8.14. The summed E-state index contributed by atoms with van der Waals surface area (Å²) in [6, 6.07) is 2.65. The van der Waals surface area contributed by atoms with Crippen LogP contribution in [0.3, 0.4) is 0 Å². The molecule has 0 radical (unpaired) electrons. The number of methoxy groups -OCH3 is 1. The third-order valence-electron chi connectivity index (χ3n) is 6.90. The van der Waals surface area contributed by atoms with Crippen molar-refractivity contribution in [2.45, 2.75) is 44.2 Å². The van der Waals surface area contributed by atoms with Crippen molar-refractivity contribution >= 4 is 34.4 Å². The number of hydrogen-bond acceptors (Lipinski definition) is 9. The SMILES string of the molecule is COc1cnc(C(F)F)cc1-c1cc(N2CCN(C)C(C)(C)C2=O)ncc1C(=O)NC(N)SC(=N)C#CC1CC1. The van der Waals surface area contributed by atoms with E-state index in [2.05, 4.69) is 27.1 Å². The molecule has 0 bridgehead atoms. The molecule has 2 fully saturated rings. The van der Waals surface area contributed by atoms with Gasteiger partial charge in [0.2, 0.25) is 5.91 Å². The van der Waals surface area contributed by atoms with Gasteiger partial charge >= 0.3 is 0 Å². The molecule has 1 aliphatic carbocycles. The van der Waals surface area contributed by atoms with Crippen LogP contribution in [0.15, 0.2) is 24.5 Å². The highest BCUT2D eigenvalue weighted by Crippen LogP contribution is 2.37. The minimum Gasteiger partial charge on any atom is -0.494 e. The Kier molecular flexibility index (Phi) is 8.72. The van der Waals surface area contributed by atoms with E-state index in [-0.39, 0.29) is 39.2 Å². The molecule has 0 aromatic carbocycles. The Bertz CT molecular complexity index is 1390. The molecule has 1 atom stereocenters. The van der Waals surface area contributed by atoms with Gasteiger partial charge in [0.25, 0.3) is 12.3 Å². The van der Waals surface area contributed by atoms with E-state index in [4.69, 9.17) is 15.9 Å². The average molecular weight is 572 g/mol. The number of anilines is 1. The number of nitrogens with zero attached hydrogens (tertiary/aromatic N) is 4. The molecular weight excluding hydrogens is 540 g/mol. The van der Waals surface area contributed by atoms with Crippen LogP contribution in [0.2, 0.25) is 0 Å². The summed E-state index contributed by atoms with van der Waals surface area (Å²) in [6.45, 7) is 4.53. The summed E-state index contributed by atoms with van der Waals surface area (Å²) in [5.41, 5.74) is 4.14. The molecule has 40 heavy (non-hydrogen) atoms. The number of hydrogen-bond donors (Lipinski definition) is 3. The number of amides is 2. The first-order valence-electron chi connectivity index (χ1n) is 12.6. The van der Waals surface area contributed by atoms with Crippen LogP contribution < -0.4 is 20.7 Å². The van der Waals surface area contributed by atoms with E-state index in [1.165, 1.54) is 24.3 Å². The van der Waals surface area contributed by atoms with E-state index in [9.17, 15) is 18.4 Å². The normalized spacial score (nSPS) is 17.7. The van der Waals surface area contributed by atoms with Crippen molar-refractivity contribution in [3.8, 4) is 28.7 Å².